The quantitative estimate of drug-likeness (QED) is 0.714. The number of hydrogen-bond donors (Lipinski definition) is 1. The van der Waals surface area contributed by atoms with Crippen LogP contribution in [0.1, 0.15) is 44.1 Å². The average molecular weight is 394 g/mol. The number of rotatable bonds is 8. The standard InChI is InChI=1S/C18H24BrN3O2/c1-4-10-22(14(3)15-7-5-6-8-16(15)19)11-9-18(23)20-17-12-13(2)24-21-17/h5-8,12,14H,4,9-11H2,1-3H3,(H,20,21,23). The monoisotopic (exact) mass is 393 g/mol. The van der Waals surface area contributed by atoms with Gasteiger partial charge in [-0.3, -0.25) is 9.69 Å². The fraction of sp³-hybridized carbons (Fsp3) is 0.444. The SMILES string of the molecule is CCCN(CCC(=O)Nc1cc(C)on1)C(C)c1ccccc1Br. The first-order valence-electron chi connectivity index (χ1n) is 8.23. The van der Waals surface area contributed by atoms with Crippen LogP contribution >= 0.6 is 15.9 Å². The smallest absolute Gasteiger partial charge is 0.226 e. The Morgan fingerprint density at radius 3 is 2.75 bits per heavy atom. The topological polar surface area (TPSA) is 58.4 Å². The van der Waals surface area contributed by atoms with Gasteiger partial charge < -0.3 is 9.84 Å². The van der Waals surface area contributed by atoms with E-state index in [-0.39, 0.29) is 11.9 Å². The van der Waals surface area contributed by atoms with E-state index >= 15 is 0 Å². The molecule has 1 aromatic heterocycles. The molecule has 0 saturated carbocycles. The third-order valence-electron chi connectivity index (χ3n) is 3.94. The molecule has 6 heteroatoms. The zero-order valence-electron chi connectivity index (χ0n) is 14.4. The molecule has 130 valence electrons. The number of nitrogens with one attached hydrogen (secondary N) is 1. The molecule has 0 saturated heterocycles. The Labute approximate surface area is 151 Å². The Balaban J connectivity index is 1.95. The summed E-state index contributed by atoms with van der Waals surface area (Å²) in [6.45, 7) is 7.76. The van der Waals surface area contributed by atoms with Gasteiger partial charge in [0.2, 0.25) is 5.91 Å². The van der Waals surface area contributed by atoms with E-state index in [1.165, 1.54) is 5.56 Å². The minimum absolute atomic E-state index is 0.0521. The largest absolute Gasteiger partial charge is 0.360 e. The molecule has 5 nitrogen and oxygen atoms in total. The highest BCUT2D eigenvalue weighted by molar-refractivity contribution is 9.10. The molecule has 0 aliphatic rings. The summed E-state index contributed by atoms with van der Waals surface area (Å²) in [4.78, 5) is 14.5. The van der Waals surface area contributed by atoms with Crippen molar-refractivity contribution in [2.75, 3.05) is 18.4 Å². The number of amides is 1. The van der Waals surface area contributed by atoms with Crippen LogP contribution in [0.5, 0.6) is 0 Å². The van der Waals surface area contributed by atoms with Crippen LogP contribution in [0.15, 0.2) is 39.3 Å². The molecule has 24 heavy (non-hydrogen) atoms. The lowest BCUT2D eigenvalue weighted by Crippen LogP contribution is -2.31. The van der Waals surface area contributed by atoms with Gasteiger partial charge in [-0.05, 0) is 38.4 Å². The van der Waals surface area contributed by atoms with E-state index in [0.29, 0.717) is 24.5 Å². The Bertz CT molecular complexity index is 672. The first-order chi connectivity index (χ1) is 11.5. The van der Waals surface area contributed by atoms with Gasteiger partial charge in [-0.15, -0.1) is 0 Å². The van der Waals surface area contributed by atoms with Gasteiger partial charge in [0.25, 0.3) is 0 Å². The van der Waals surface area contributed by atoms with Crippen molar-refractivity contribution in [3.63, 3.8) is 0 Å². The van der Waals surface area contributed by atoms with Gasteiger partial charge in [0.15, 0.2) is 5.82 Å². The summed E-state index contributed by atoms with van der Waals surface area (Å²) in [6, 6.07) is 10.2. The lowest BCUT2D eigenvalue weighted by Gasteiger charge is -2.29. The van der Waals surface area contributed by atoms with E-state index in [2.05, 4.69) is 57.3 Å². The van der Waals surface area contributed by atoms with Gasteiger partial charge in [0, 0.05) is 29.5 Å². The molecule has 1 atom stereocenters. The van der Waals surface area contributed by atoms with Crippen LogP contribution in [-0.2, 0) is 4.79 Å². The van der Waals surface area contributed by atoms with Crippen molar-refractivity contribution >= 4 is 27.7 Å². The Morgan fingerprint density at radius 2 is 2.12 bits per heavy atom. The van der Waals surface area contributed by atoms with E-state index in [0.717, 1.165) is 17.4 Å². The summed E-state index contributed by atoms with van der Waals surface area (Å²) in [5.74, 6) is 1.10. The van der Waals surface area contributed by atoms with Crippen molar-refractivity contribution < 1.29 is 9.32 Å². The van der Waals surface area contributed by atoms with Gasteiger partial charge in [-0.25, -0.2) is 0 Å². The molecule has 0 spiro atoms. The number of nitrogens with zero attached hydrogens (tertiary/aromatic N) is 2. The summed E-state index contributed by atoms with van der Waals surface area (Å²) in [6.07, 6.45) is 1.46. The van der Waals surface area contributed by atoms with Crippen LogP contribution in [0.25, 0.3) is 0 Å². The fourth-order valence-corrected chi connectivity index (χ4v) is 3.29. The number of hydrogen-bond acceptors (Lipinski definition) is 4. The molecule has 1 amide bonds. The maximum absolute atomic E-state index is 12.1. The molecule has 2 rings (SSSR count). The normalized spacial score (nSPS) is 12.4. The maximum atomic E-state index is 12.1. The van der Waals surface area contributed by atoms with E-state index < -0.39 is 0 Å². The highest BCUT2D eigenvalue weighted by Crippen LogP contribution is 2.27. The van der Waals surface area contributed by atoms with E-state index in [4.69, 9.17) is 4.52 Å². The number of carbonyl (C=O) groups excluding carboxylic acids is 1. The molecular formula is C18H24BrN3O2. The van der Waals surface area contributed by atoms with E-state index in [1.54, 1.807) is 13.0 Å². The van der Waals surface area contributed by atoms with Crippen LogP contribution in [0.4, 0.5) is 5.82 Å². The van der Waals surface area contributed by atoms with Crippen LogP contribution in [0.3, 0.4) is 0 Å². The van der Waals surface area contributed by atoms with Gasteiger partial charge in [-0.2, -0.15) is 0 Å². The second-order valence-corrected chi connectivity index (χ2v) is 6.71. The molecule has 1 heterocycles. The molecule has 0 radical (unpaired) electrons. The van der Waals surface area contributed by atoms with Crippen molar-refractivity contribution in [3.05, 3.63) is 46.1 Å². The second-order valence-electron chi connectivity index (χ2n) is 5.85. The minimum Gasteiger partial charge on any atom is -0.360 e. The van der Waals surface area contributed by atoms with Crippen LogP contribution < -0.4 is 5.32 Å². The number of anilines is 1. The number of aromatic nitrogens is 1. The van der Waals surface area contributed by atoms with Gasteiger partial charge in [0.1, 0.15) is 5.76 Å². The summed E-state index contributed by atoms with van der Waals surface area (Å²) >= 11 is 3.62. The summed E-state index contributed by atoms with van der Waals surface area (Å²) in [7, 11) is 0. The predicted octanol–water partition coefficient (Wildman–Crippen LogP) is 4.55. The van der Waals surface area contributed by atoms with Crippen LogP contribution in [0, 0.1) is 6.92 Å². The molecule has 1 aromatic carbocycles. The van der Waals surface area contributed by atoms with Crippen molar-refractivity contribution in [2.24, 2.45) is 0 Å². The zero-order valence-corrected chi connectivity index (χ0v) is 16.0. The van der Waals surface area contributed by atoms with Gasteiger partial charge >= 0.3 is 0 Å². The summed E-state index contributed by atoms with van der Waals surface area (Å²) < 4.78 is 6.06. The minimum atomic E-state index is -0.0521. The number of benzene rings is 1. The molecule has 0 bridgehead atoms. The maximum Gasteiger partial charge on any atom is 0.226 e. The number of halogens is 1. The third-order valence-corrected chi connectivity index (χ3v) is 4.66. The summed E-state index contributed by atoms with van der Waals surface area (Å²) in [5, 5.41) is 6.56. The van der Waals surface area contributed by atoms with Crippen molar-refractivity contribution in [3.8, 4) is 0 Å². The lowest BCUT2D eigenvalue weighted by molar-refractivity contribution is -0.116. The van der Waals surface area contributed by atoms with Crippen LogP contribution in [0.2, 0.25) is 0 Å². The second kappa shape index (κ2) is 8.99. The number of carbonyl (C=O) groups is 1. The highest BCUT2D eigenvalue weighted by atomic mass is 79.9. The van der Waals surface area contributed by atoms with Crippen molar-refractivity contribution in [1.29, 1.82) is 0 Å². The summed E-state index contributed by atoms with van der Waals surface area (Å²) in [5.41, 5.74) is 1.23. The molecule has 2 aromatic rings. The first kappa shape index (κ1) is 18.7. The van der Waals surface area contributed by atoms with Crippen LogP contribution in [-0.4, -0.2) is 29.1 Å². The first-order valence-corrected chi connectivity index (χ1v) is 9.02. The third kappa shape index (κ3) is 5.18. The average Bonchev–Trinajstić information content (AvgIpc) is 2.96. The van der Waals surface area contributed by atoms with E-state index in [1.807, 2.05) is 12.1 Å². The Morgan fingerprint density at radius 1 is 1.38 bits per heavy atom. The van der Waals surface area contributed by atoms with Crippen molar-refractivity contribution in [1.82, 2.24) is 10.1 Å². The molecular weight excluding hydrogens is 370 g/mol. The lowest BCUT2D eigenvalue weighted by atomic mass is 10.1. The predicted molar refractivity (Wildman–Crippen MR) is 98.9 cm³/mol. The zero-order chi connectivity index (χ0) is 17.5. The van der Waals surface area contributed by atoms with Crippen molar-refractivity contribution in [2.45, 2.75) is 39.7 Å². The highest BCUT2D eigenvalue weighted by Gasteiger charge is 2.18. The molecule has 0 fully saturated rings. The fourth-order valence-electron chi connectivity index (χ4n) is 2.67. The van der Waals surface area contributed by atoms with Gasteiger partial charge in [0.05, 0.1) is 0 Å². The molecule has 0 aliphatic carbocycles. The Kier molecular flexibility index (Phi) is 6.99. The molecule has 0 aliphatic heterocycles. The molecule has 1 unspecified atom stereocenters. The molecule has 1 N–H and O–H groups in total. The van der Waals surface area contributed by atoms with E-state index in [9.17, 15) is 4.79 Å². The Hall–Kier alpha value is -1.66. The number of aryl methyl sites for hydroxylation is 1. The van der Waals surface area contributed by atoms with Gasteiger partial charge in [-0.1, -0.05) is 46.2 Å².